The van der Waals surface area contributed by atoms with Gasteiger partial charge in [-0.2, -0.15) is 0 Å². The Balaban J connectivity index is 1.78. The third-order valence-electron chi connectivity index (χ3n) is 5.55. The number of fused-ring (bicyclic) bond motifs is 1. The van der Waals surface area contributed by atoms with E-state index in [-0.39, 0.29) is 6.04 Å². The topological polar surface area (TPSA) is 38.0 Å². The van der Waals surface area contributed by atoms with E-state index in [1.165, 1.54) is 32.1 Å². The zero-order valence-electron chi connectivity index (χ0n) is 12.3. The van der Waals surface area contributed by atoms with Gasteiger partial charge in [0.2, 0.25) is 0 Å². The predicted octanol–water partition coefficient (Wildman–Crippen LogP) is 4.08. The average Bonchev–Trinajstić information content (AvgIpc) is 2.52. The lowest BCUT2D eigenvalue weighted by atomic mass is 9.65. The van der Waals surface area contributed by atoms with Gasteiger partial charge in [0.05, 0.1) is 6.04 Å². The molecule has 0 aliphatic heterocycles. The zero-order chi connectivity index (χ0) is 14.8. The lowest BCUT2D eigenvalue weighted by Gasteiger charge is -2.42. The number of nitrogens with one attached hydrogen (secondary N) is 1. The van der Waals surface area contributed by atoms with Crippen molar-refractivity contribution in [2.75, 3.05) is 0 Å². The molecule has 21 heavy (non-hydrogen) atoms. The lowest BCUT2D eigenvalue weighted by molar-refractivity contribution is 0.108. The molecule has 2 aliphatic rings. The van der Waals surface area contributed by atoms with Gasteiger partial charge in [-0.15, -0.1) is 0 Å². The van der Waals surface area contributed by atoms with Gasteiger partial charge in [0, 0.05) is 5.56 Å². The van der Waals surface area contributed by atoms with E-state index < -0.39 is 11.6 Å². The fourth-order valence-electron chi connectivity index (χ4n) is 4.45. The van der Waals surface area contributed by atoms with Crippen LogP contribution < -0.4 is 11.3 Å². The second-order valence-corrected chi connectivity index (χ2v) is 6.67. The van der Waals surface area contributed by atoms with Crippen molar-refractivity contribution >= 4 is 0 Å². The van der Waals surface area contributed by atoms with Crippen molar-refractivity contribution in [3.63, 3.8) is 0 Å². The summed E-state index contributed by atoms with van der Waals surface area (Å²) in [5.41, 5.74) is 3.12. The molecule has 0 aromatic heterocycles. The standard InChI is InChI=1S/C17H24F2N2/c18-15-7-3-6-14(16(15)19)17(21-20)13-9-8-11-4-1-2-5-12(11)10-13/h3,6-7,11-13,17,21H,1-2,4-5,8-10,20H2. The van der Waals surface area contributed by atoms with E-state index in [0.717, 1.165) is 30.7 Å². The molecule has 3 rings (SSSR count). The number of rotatable bonds is 3. The van der Waals surface area contributed by atoms with Crippen molar-refractivity contribution in [2.45, 2.75) is 51.0 Å². The molecule has 2 nitrogen and oxygen atoms in total. The van der Waals surface area contributed by atoms with Gasteiger partial charge in [0.25, 0.3) is 0 Å². The summed E-state index contributed by atoms with van der Waals surface area (Å²) in [6, 6.07) is 4.08. The maximum atomic E-state index is 14.1. The minimum Gasteiger partial charge on any atom is -0.271 e. The molecule has 2 fully saturated rings. The number of hydrazine groups is 1. The summed E-state index contributed by atoms with van der Waals surface area (Å²) in [6.07, 6.45) is 8.61. The molecule has 0 spiro atoms. The smallest absolute Gasteiger partial charge is 0.163 e. The van der Waals surface area contributed by atoms with Gasteiger partial charge in [-0.25, -0.2) is 8.78 Å². The first-order valence-corrected chi connectivity index (χ1v) is 8.10. The zero-order valence-corrected chi connectivity index (χ0v) is 12.3. The monoisotopic (exact) mass is 294 g/mol. The molecule has 1 aromatic carbocycles. The predicted molar refractivity (Wildman–Crippen MR) is 79.2 cm³/mol. The van der Waals surface area contributed by atoms with Crippen LogP contribution in [0.3, 0.4) is 0 Å². The Morgan fingerprint density at radius 3 is 2.57 bits per heavy atom. The van der Waals surface area contributed by atoms with Gasteiger partial charge >= 0.3 is 0 Å². The van der Waals surface area contributed by atoms with E-state index in [0.29, 0.717) is 11.5 Å². The van der Waals surface area contributed by atoms with Crippen LogP contribution in [0.4, 0.5) is 8.78 Å². The third kappa shape index (κ3) is 2.97. The highest BCUT2D eigenvalue weighted by Gasteiger charge is 2.36. The van der Waals surface area contributed by atoms with Crippen molar-refractivity contribution in [3.05, 3.63) is 35.4 Å². The Kier molecular flexibility index (Phi) is 4.55. The molecule has 4 heteroatoms. The molecular weight excluding hydrogens is 270 g/mol. The second kappa shape index (κ2) is 6.41. The number of hydrogen-bond acceptors (Lipinski definition) is 2. The minimum atomic E-state index is -0.792. The van der Waals surface area contributed by atoms with Gasteiger partial charge in [0.1, 0.15) is 0 Å². The van der Waals surface area contributed by atoms with E-state index in [1.807, 2.05) is 0 Å². The fourth-order valence-corrected chi connectivity index (χ4v) is 4.45. The molecule has 0 heterocycles. The Morgan fingerprint density at radius 2 is 1.81 bits per heavy atom. The first-order valence-electron chi connectivity index (χ1n) is 8.10. The molecule has 3 N–H and O–H groups in total. The normalized spacial score (nSPS) is 30.7. The lowest BCUT2D eigenvalue weighted by Crippen LogP contribution is -2.39. The maximum absolute atomic E-state index is 14.1. The number of hydrogen-bond donors (Lipinski definition) is 2. The largest absolute Gasteiger partial charge is 0.271 e. The van der Waals surface area contributed by atoms with Crippen LogP contribution in [0.1, 0.15) is 56.6 Å². The number of halogens is 2. The Bertz CT molecular complexity index is 492. The number of nitrogens with two attached hydrogens (primary N) is 1. The Labute approximate surface area is 125 Å². The van der Waals surface area contributed by atoms with E-state index in [2.05, 4.69) is 5.43 Å². The summed E-state index contributed by atoms with van der Waals surface area (Å²) >= 11 is 0. The SMILES string of the molecule is NNC(c1cccc(F)c1F)C1CCC2CCCCC2C1. The Hall–Kier alpha value is -1.00. The molecule has 0 bridgehead atoms. The Morgan fingerprint density at radius 1 is 1.05 bits per heavy atom. The van der Waals surface area contributed by atoms with E-state index in [1.54, 1.807) is 12.1 Å². The van der Waals surface area contributed by atoms with Crippen molar-refractivity contribution in [1.82, 2.24) is 5.43 Å². The van der Waals surface area contributed by atoms with Crippen molar-refractivity contribution in [2.24, 2.45) is 23.6 Å². The summed E-state index contributed by atoms with van der Waals surface area (Å²) < 4.78 is 27.5. The van der Waals surface area contributed by atoms with Crippen molar-refractivity contribution < 1.29 is 8.78 Å². The fraction of sp³-hybridized carbons (Fsp3) is 0.647. The van der Waals surface area contributed by atoms with Crippen LogP contribution in [-0.4, -0.2) is 0 Å². The average molecular weight is 294 g/mol. The van der Waals surface area contributed by atoms with Crippen LogP contribution in [0, 0.1) is 29.4 Å². The molecule has 0 amide bonds. The molecular formula is C17H24F2N2. The first kappa shape index (κ1) is 14.9. The molecule has 0 radical (unpaired) electrons. The van der Waals surface area contributed by atoms with Crippen LogP contribution in [0.2, 0.25) is 0 Å². The van der Waals surface area contributed by atoms with Crippen LogP contribution in [0.5, 0.6) is 0 Å². The van der Waals surface area contributed by atoms with Gasteiger partial charge in [-0.3, -0.25) is 11.3 Å². The van der Waals surface area contributed by atoms with Crippen LogP contribution in [-0.2, 0) is 0 Å². The molecule has 1 aromatic rings. The molecule has 0 saturated heterocycles. The molecule has 4 atom stereocenters. The van der Waals surface area contributed by atoms with Crippen molar-refractivity contribution in [3.8, 4) is 0 Å². The minimum absolute atomic E-state index is 0.288. The number of benzene rings is 1. The molecule has 4 unspecified atom stereocenters. The van der Waals surface area contributed by atoms with Crippen LogP contribution in [0.25, 0.3) is 0 Å². The van der Waals surface area contributed by atoms with Gasteiger partial charge in [0.15, 0.2) is 11.6 Å². The van der Waals surface area contributed by atoms with Crippen molar-refractivity contribution in [1.29, 1.82) is 0 Å². The summed E-state index contributed by atoms with van der Waals surface area (Å²) in [5, 5.41) is 0. The molecule has 2 saturated carbocycles. The molecule has 2 aliphatic carbocycles. The van der Waals surface area contributed by atoms with E-state index >= 15 is 0 Å². The van der Waals surface area contributed by atoms with Gasteiger partial charge in [-0.05, 0) is 43.1 Å². The quantitative estimate of drug-likeness (QED) is 0.651. The maximum Gasteiger partial charge on any atom is 0.163 e. The summed E-state index contributed by atoms with van der Waals surface area (Å²) in [6.45, 7) is 0. The van der Waals surface area contributed by atoms with Gasteiger partial charge in [-0.1, -0.05) is 37.8 Å². The summed E-state index contributed by atoms with van der Waals surface area (Å²) in [7, 11) is 0. The molecule has 116 valence electrons. The highest BCUT2D eigenvalue weighted by atomic mass is 19.2. The first-order chi connectivity index (χ1) is 10.2. The third-order valence-corrected chi connectivity index (χ3v) is 5.55. The second-order valence-electron chi connectivity index (χ2n) is 6.67. The van der Waals surface area contributed by atoms with E-state index in [4.69, 9.17) is 5.84 Å². The van der Waals surface area contributed by atoms with Crippen LogP contribution in [0.15, 0.2) is 18.2 Å². The highest BCUT2D eigenvalue weighted by Crippen LogP contribution is 2.46. The highest BCUT2D eigenvalue weighted by molar-refractivity contribution is 5.23. The van der Waals surface area contributed by atoms with E-state index in [9.17, 15) is 8.78 Å². The summed E-state index contributed by atoms with van der Waals surface area (Å²) in [4.78, 5) is 0. The summed E-state index contributed by atoms with van der Waals surface area (Å²) in [5.74, 6) is 6.01. The van der Waals surface area contributed by atoms with Crippen LogP contribution >= 0.6 is 0 Å². The van der Waals surface area contributed by atoms with Gasteiger partial charge < -0.3 is 0 Å².